The summed E-state index contributed by atoms with van der Waals surface area (Å²) in [5.74, 6) is 0.222. The normalized spacial score (nSPS) is 21.2. The second kappa shape index (κ2) is 10.9. The van der Waals surface area contributed by atoms with Gasteiger partial charge in [0, 0.05) is 64.0 Å². The molecule has 2 aliphatic heterocycles. The Balaban J connectivity index is 0.00000156. The van der Waals surface area contributed by atoms with E-state index in [-0.39, 0.29) is 30.7 Å². The Kier molecular flexibility index (Phi) is 9.57. The highest BCUT2D eigenvalue weighted by Gasteiger charge is 2.29. The van der Waals surface area contributed by atoms with Crippen molar-refractivity contribution >= 4 is 36.4 Å². The fraction of sp³-hybridized carbons (Fsp3) is 0.611. The molecule has 2 saturated heterocycles. The Hall–Kier alpha value is -1.01. The van der Waals surface area contributed by atoms with E-state index in [2.05, 4.69) is 40.1 Å². The number of hydrogen-bond acceptors (Lipinski definition) is 4. The molecule has 2 N–H and O–H groups in total. The molecule has 2 heterocycles. The number of carbonyl (C=O) groups is 1. The molecule has 0 saturated carbocycles. The maximum absolute atomic E-state index is 12.1. The summed E-state index contributed by atoms with van der Waals surface area (Å²) >= 11 is 0. The van der Waals surface area contributed by atoms with Crippen LogP contribution in [0.5, 0.6) is 0 Å². The number of piperazine rings is 1. The Morgan fingerprint density at radius 3 is 2.36 bits per heavy atom. The third kappa shape index (κ3) is 5.74. The van der Waals surface area contributed by atoms with Crippen LogP contribution in [0.3, 0.4) is 0 Å². The molecule has 0 aliphatic carbocycles. The van der Waals surface area contributed by atoms with Crippen molar-refractivity contribution in [2.24, 2.45) is 5.73 Å². The topological polar surface area (TPSA) is 52.8 Å². The highest BCUT2D eigenvalue weighted by molar-refractivity contribution is 5.85. The van der Waals surface area contributed by atoms with Gasteiger partial charge in [-0.05, 0) is 25.0 Å². The molecule has 0 spiro atoms. The van der Waals surface area contributed by atoms with Crippen molar-refractivity contribution in [3.8, 4) is 0 Å². The Bertz CT molecular complexity index is 509. The van der Waals surface area contributed by atoms with Crippen molar-refractivity contribution in [3.05, 3.63) is 30.3 Å². The highest BCUT2D eigenvalue weighted by Crippen LogP contribution is 2.21. The van der Waals surface area contributed by atoms with E-state index in [4.69, 9.17) is 5.73 Å². The average molecular weight is 389 g/mol. The molecule has 2 fully saturated rings. The second-order valence-corrected chi connectivity index (χ2v) is 6.53. The molecule has 7 heteroatoms. The van der Waals surface area contributed by atoms with Crippen LogP contribution in [0, 0.1) is 0 Å². The van der Waals surface area contributed by atoms with Gasteiger partial charge in [-0.3, -0.25) is 9.69 Å². The van der Waals surface area contributed by atoms with Gasteiger partial charge in [-0.15, -0.1) is 24.8 Å². The van der Waals surface area contributed by atoms with Crippen LogP contribution in [0.15, 0.2) is 30.3 Å². The number of para-hydroxylation sites is 1. The van der Waals surface area contributed by atoms with Gasteiger partial charge in [-0.25, -0.2) is 0 Å². The summed E-state index contributed by atoms with van der Waals surface area (Å²) in [5.41, 5.74) is 6.84. The number of rotatable bonds is 4. The van der Waals surface area contributed by atoms with Gasteiger partial charge < -0.3 is 15.5 Å². The maximum atomic E-state index is 12.1. The third-order valence-electron chi connectivity index (χ3n) is 5.06. The standard InChI is InChI=1S/C18H28N4O.2ClH/c19-9-8-18(23)22-10-4-7-17(15-22)21-13-11-20(12-14-21)16-5-2-1-3-6-16;;/h1-3,5-6,17H,4,7-15,19H2;2*1H. The number of likely N-dealkylation sites (tertiary alicyclic amines) is 1. The summed E-state index contributed by atoms with van der Waals surface area (Å²) in [6.07, 6.45) is 2.80. The van der Waals surface area contributed by atoms with Crippen molar-refractivity contribution in [1.82, 2.24) is 9.80 Å². The first kappa shape index (κ1) is 22.0. The number of anilines is 1. The molecular formula is C18H30Cl2N4O. The van der Waals surface area contributed by atoms with Crippen LogP contribution in [0.4, 0.5) is 5.69 Å². The fourth-order valence-electron chi connectivity index (χ4n) is 3.74. The highest BCUT2D eigenvalue weighted by atomic mass is 35.5. The van der Waals surface area contributed by atoms with Crippen LogP contribution in [-0.4, -0.2) is 67.6 Å². The first-order valence-corrected chi connectivity index (χ1v) is 8.80. The van der Waals surface area contributed by atoms with E-state index >= 15 is 0 Å². The summed E-state index contributed by atoms with van der Waals surface area (Å²) in [6.45, 7) is 6.53. The SMILES string of the molecule is Cl.Cl.NCCC(=O)N1CCCC(N2CCN(c3ccccc3)CC2)C1. The zero-order valence-electron chi connectivity index (χ0n) is 14.7. The lowest BCUT2D eigenvalue weighted by atomic mass is 10.0. The molecule has 1 aromatic carbocycles. The molecule has 0 aromatic heterocycles. The molecule has 1 amide bonds. The van der Waals surface area contributed by atoms with Crippen molar-refractivity contribution in [2.75, 3.05) is 50.7 Å². The van der Waals surface area contributed by atoms with Gasteiger partial charge >= 0.3 is 0 Å². The molecular weight excluding hydrogens is 359 g/mol. The summed E-state index contributed by atoms with van der Waals surface area (Å²) in [7, 11) is 0. The average Bonchev–Trinajstić information content (AvgIpc) is 2.63. The third-order valence-corrected chi connectivity index (χ3v) is 5.06. The summed E-state index contributed by atoms with van der Waals surface area (Å²) < 4.78 is 0. The van der Waals surface area contributed by atoms with Gasteiger partial charge in [-0.2, -0.15) is 0 Å². The molecule has 1 unspecified atom stereocenters. The lowest BCUT2D eigenvalue weighted by Gasteiger charge is -2.44. The number of nitrogens with two attached hydrogens (primary N) is 1. The van der Waals surface area contributed by atoms with E-state index in [0.29, 0.717) is 19.0 Å². The first-order valence-electron chi connectivity index (χ1n) is 8.80. The smallest absolute Gasteiger partial charge is 0.223 e. The molecule has 3 rings (SSSR count). The minimum Gasteiger partial charge on any atom is -0.369 e. The zero-order valence-corrected chi connectivity index (χ0v) is 16.3. The van der Waals surface area contributed by atoms with E-state index in [1.807, 2.05) is 4.90 Å². The van der Waals surface area contributed by atoms with Crippen LogP contribution in [0.25, 0.3) is 0 Å². The second-order valence-electron chi connectivity index (χ2n) is 6.53. The predicted molar refractivity (Wildman–Crippen MR) is 108 cm³/mol. The lowest BCUT2D eigenvalue weighted by molar-refractivity contribution is -0.133. The van der Waals surface area contributed by atoms with E-state index in [9.17, 15) is 4.79 Å². The first-order chi connectivity index (χ1) is 11.3. The number of carbonyl (C=O) groups excluding carboxylic acids is 1. The molecule has 1 atom stereocenters. The molecule has 25 heavy (non-hydrogen) atoms. The number of nitrogens with zero attached hydrogens (tertiary/aromatic N) is 3. The van der Waals surface area contributed by atoms with Crippen molar-refractivity contribution in [1.29, 1.82) is 0 Å². The summed E-state index contributed by atoms with van der Waals surface area (Å²) in [5, 5.41) is 0. The van der Waals surface area contributed by atoms with Crippen LogP contribution in [0.1, 0.15) is 19.3 Å². The molecule has 0 radical (unpaired) electrons. The number of halogens is 2. The van der Waals surface area contributed by atoms with E-state index in [1.165, 1.54) is 12.1 Å². The van der Waals surface area contributed by atoms with E-state index in [1.54, 1.807) is 0 Å². The van der Waals surface area contributed by atoms with Crippen LogP contribution in [-0.2, 0) is 4.79 Å². The van der Waals surface area contributed by atoms with Crippen LogP contribution < -0.4 is 10.6 Å². The molecule has 2 aliphatic rings. The Morgan fingerprint density at radius 2 is 1.72 bits per heavy atom. The monoisotopic (exact) mass is 388 g/mol. The van der Waals surface area contributed by atoms with Crippen LogP contribution >= 0.6 is 24.8 Å². The van der Waals surface area contributed by atoms with Gasteiger partial charge in [0.05, 0.1) is 0 Å². The zero-order chi connectivity index (χ0) is 16.1. The summed E-state index contributed by atoms with van der Waals surface area (Å²) in [6, 6.07) is 11.2. The predicted octanol–water partition coefficient (Wildman–Crippen LogP) is 1.99. The Labute approximate surface area is 163 Å². The number of hydrogen-bond donors (Lipinski definition) is 1. The van der Waals surface area contributed by atoms with Gasteiger partial charge in [0.25, 0.3) is 0 Å². The Morgan fingerprint density at radius 1 is 1.04 bits per heavy atom. The van der Waals surface area contributed by atoms with E-state index in [0.717, 1.165) is 45.7 Å². The number of piperidine rings is 1. The summed E-state index contributed by atoms with van der Waals surface area (Å²) in [4.78, 5) is 19.1. The largest absolute Gasteiger partial charge is 0.369 e. The number of amides is 1. The van der Waals surface area contributed by atoms with Crippen molar-refractivity contribution in [2.45, 2.75) is 25.3 Å². The number of benzene rings is 1. The van der Waals surface area contributed by atoms with Gasteiger partial charge in [0.2, 0.25) is 5.91 Å². The fourth-order valence-corrected chi connectivity index (χ4v) is 3.74. The minimum absolute atomic E-state index is 0. The van der Waals surface area contributed by atoms with Gasteiger partial charge in [-0.1, -0.05) is 18.2 Å². The van der Waals surface area contributed by atoms with E-state index < -0.39 is 0 Å². The van der Waals surface area contributed by atoms with Gasteiger partial charge in [0.1, 0.15) is 0 Å². The minimum atomic E-state index is 0. The molecule has 0 bridgehead atoms. The maximum Gasteiger partial charge on any atom is 0.223 e. The van der Waals surface area contributed by atoms with Crippen molar-refractivity contribution < 1.29 is 4.79 Å². The molecule has 142 valence electrons. The quantitative estimate of drug-likeness (QED) is 0.856. The molecule has 1 aromatic rings. The van der Waals surface area contributed by atoms with Crippen molar-refractivity contribution in [3.63, 3.8) is 0 Å². The molecule has 5 nitrogen and oxygen atoms in total. The van der Waals surface area contributed by atoms with Crippen LogP contribution in [0.2, 0.25) is 0 Å². The lowest BCUT2D eigenvalue weighted by Crippen LogP contribution is -2.56. The van der Waals surface area contributed by atoms with Gasteiger partial charge in [0.15, 0.2) is 0 Å².